The number of anilines is 2. The molecule has 2 unspecified atom stereocenters. The van der Waals surface area contributed by atoms with Gasteiger partial charge in [-0.1, -0.05) is 42.5 Å². The van der Waals surface area contributed by atoms with E-state index in [9.17, 15) is 40.2 Å². The number of nitrogens with zero attached hydrogens (tertiary/aromatic N) is 2. The van der Waals surface area contributed by atoms with E-state index in [2.05, 4.69) is 4.74 Å². The highest BCUT2D eigenvalue weighted by molar-refractivity contribution is 5.68. The van der Waals surface area contributed by atoms with E-state index >= 15 is 0 Å². The maximum Gasteiger partial charge on any atom is 0.573 e. The highest BCUT2D eigenvalue weighted by atomic mass is 19.4. The Labute approximate surface area is 230 Å². The number of para-hydroxylation sites is 1. The maximum absolute atomic E-state index is 14.0. The number of hydrogen-bond donors (Lipinski definition) is 1. The zero-order chi connectivity index (χ0) is 29.6. The van der Waals surface area contributed by atoms with Gasteiger partial charge in [0.15, 0.2) is 6.10 Å². The molecule has 0 amide bonds. The number of benzene rings is 3. The van der Waals surface area contributed by atoms with Crippen LogP contribution in [0.2, 0.25) is 0 Å². The fraction of sp³-hybridized carbons (Fsp3) is 0.379. The molecular weight excluding hydrogens is 560 g/mol. The van der Waals surface area contributed by atoms with Crippen LogP contribution >= 0.6 is 0 Å². The molecule has 3 aromatic carbocycles. The van der Waals surface area contributed by atoms with Gasteiger partial charge in [0, 0.05) is 36.3 Å². The number of aliphatic hydroxyl groups is 1. The van der Waals surface area contributed by atoms with Gasteiger partial charge in [-0.25, -0.2) is 8.78 Å². The number of β-amino-alcohol motifs (C(OH)–C–C–N with tert-alkyl or cyclic N) is 1. The van der Waals surface area contributed by atoms with Crippen molar-refractivity contribution < 1.29 is 45.0 Å². The van der Waals surface area contributed by atoms with Crippen molar-refractivity contribution in [2.45, 2.75) is 42.8 Å². The fourth-order valence-corrected chi connectivity index (χ4v) is 5.78. The molecule has 2 heterocycles. The highest BCUT2D eigenvalue weighted by Crippen LogP contribution is 2.48. The molecule has 5 rings (SSSR count). The fourth-order valence-electron chi connectivity index (χ4n) is 5.78. The second kappa shape index (κ2) is 10.4. The smallest absolute Gasteiger partial charge is 0.406 e. The molecule has 1 N–H and O–H groups in total. The molecule has 220 valence electrons. The van der Waals surface area contributed by atoms with Gasteiger partial charge >= 0.3 is 12.5 Å². The number of ether oxygens (including phenoxy) is 1. The maximum atomic E-state index is 14.0. The van der Waals surface area contributed by atoms with Gasteiger partial charge in [0.25, 0.3) is 5.92 Å². The van der Waals surface area contributed by atoms with Gasteiger partial charge in [-0.05, 0) is 53.4 Å². The number of hydrogen-bond acceptors (Lipinski definition) is 4. The lowest BCUT2D eigenvalue weighted by Crippen LogP contribution is -2.44. The Bertz CT molecular complexity index is 1390. The summed E-state index contributed by atoms with van der Waals surface area (Å²) in [5, 5.41) is 9.92. The molecule has 1 saturated heterocycles. The highest BCUT2D eigenvalue weighted by Gasteiger charge is 2.48. The quantitative estimate of drug-likeness (QED) is 0.313. The Balaban J connectivity index is 1.60. The summed E-state index contributed by atoms with van der Waals surface area (Å²) in [5.41, 5.74) is 1.43. The number of alkyl halides is 8. The summed E-state index contributed by atoms with van der Waals surface area (Å²) in [5.74, 6) is -3.31. The van der Waals surface area contributed by atoms with Crippen molar-refractivity contribution in [3.63, 3.8) is 0 Å². The zero-order valence-electron chi connectivity index (χ0n) is 21.5. The van der Waals surface area contributed by atoms with E-state index in [-0.39, 0.29) is 25.9 Å². The summed E-state index contributed by atoms with van der Waals surface area (Å²) < 4.78 is 111. The minimum atomic E-state index is -4.92. The standard InChI is InChI=1S/C29H26F8N2O2/c30-27(31)11-12-38(18-27)21-7-4-6-20(14-21)26(15-19-5-3-8-22(13-19)41-29(35,36)37)17-39(16-25(40)28(32,33)34)24-10-2-1-9-23(24)26/h1-10,13-14,25,40H,11-12,15-18H2. The molecule has 0 aromatic heterocycles. The Kier molecular flexibility index (Phi) is 7.33. The molecule has 0 aliphatic carbocycles. The zero-order valence-corrected chi connectivity index (χ0v) is 21.5. The monoisotopic (exact) mass is 586 g/mol. The Morgan fingerprint density at radius 2 is 1.61 bits per heavy atom. The van der Waals surface area contributed by atoms with Crippen molar-refractivity contribution in [2.24, 2.45) is 0 Å². The third-order valence-electron chi connectivity index (χ3n) is 7.56. The summed E-state index contributed by atoms with van der Waals surface area (Å²) in [6.07, 6.45) is -12.7. The molecule has 2 aliphatic heterocycles. The van der Waals surface area contributed by atoms with E-state index in [0.29, 0.717) is 28.1 Å². The van der Waals surface area contributed by atoms with Crippen LogP contribution in [-0.2, 0) is 11.8 Å². The first-order valence-electron chi connectivity index (χ1n) is 12.8. The lowest BCUT2D eigenvalue weighted by molar-refractivity contribution is -0.274. The minimum Gasteiger partial charge on any atom is -0.406 e. The largest absolute Gasteiger partial charge is 0.573 e. The average Bonchev–Trinajstić information content (AvgIpc) is 3.40. The number of fused-ring (bicyclic) bond motifs is 1. The summed E-state index contributed by atoms with van der Waals surface area (Å²) >= 11 is 0. The molecule has 2 atom stereocenters. The minimum absolute atomic E-state index is 0.0521. The second-order valence-electron chi connectivity index (χ2n) is 10.5. The molecule has 4 nitrogen and oxygen atoms in total. The first kappa shape index (κ1) is 29.0. The predicted molar refractivity (Wildman–Crippen MR) is 137 cm³/mol. The SMILES string of the molecule is OC(CN1CC(Cc2cccc(OC(F)(F)F)c2)(c2cccc(N3CCC(F)(F)C3)c2)c2ccccc21)C(F)(F)F. The van der Waals surface area contributed by atoms with Crippen LogP contribution in [0.5, 0.6) is 5.75 Å². The van der Waals surface area contributed by atoms with Gasteiger partial charge in [-0.3, -0.25) is 0 Å². The Morgan fingerprint density at radius 3 is 2.29 bits per heavy atom. The molecule has 0 saturated carbocycles. The van der Waals surface area contributed by atoms with Gasteiger partial charge < -0.3 is 19.6 Å². The molecule has 1 fully saturated rings. The van der Waals surface area contributed by atoms with E-state index in [1.54, 1.807) is 54.6 Å². The van der Waals surface area contributed by atoms with Crippen LogP contribution in [0.4, 0.5) is 46.5 Å². The normalized spacial score (nSPS) is 21.2. The van der Waals surface area contributed by atoms with Crippen molar-refractivity contribution in [3.05, 3.63) is 89.5 Å². The van der Waals surface area contributed by atoms with Crippen LogP contribution in [0.25, 0.3) is 0 Å². The van der Waals surface area contributed by atoms with Gasteiger partial charge in [0.05, 0.1) is 13.1 Å². The molecule has 3 aromatic rings. The molecule has 0 spiro atoms. The number of aliphatic hydroxyl groups excluding tert-OH is 1. The molecule has 41 heavy (non-hydrogen) atoms. The molecule has 2 aliphatic rings. The average molecular weight is 587 g/mol. The first-order chi connectivity index (χ1) is 19.2. The van der Waals surface area contributed by atoms with Crippen molar-refractivity contribution in [1.29, 1.82) is 0 Å². The molecule has 0 bridgehead atoms. The summed E-state index contributed by atoms with van der Waals surface area (Å²) in [4.78, 5) is 2.93. The van der Waals surface area contributed by atoms with Crippen molar-refractivity contribution in [3.8, 4) is 5.75 Å². The number of rotatable bonds is 7. The van der Waals surface area contributed by atoms with Gasteiger partial charge in [0.1, 0.15) is 5.75 Å². The summed E-state index contributed by atoms with van der Waals surface area (Å²) in [6, 6.07) is 18.8. The van der Waals surface area contributed by atoms with Gasteiger partial charge in [0.2, 0.25) is 0 Å². The Hall–Kier alpha value is -3.54. The topological polar surface area (TPSA) is 35.9 Å². The van der Waals surface area contributed by atoms with Crippen LogP contribution in [0, 0.1) is 0 Å². The van der Waals surface area contributed by atoms with Crippen LogP contribution in [0.3, 0.4) is 0 Å². The van der Waals surface area contributed by atoms with E-state index in [1.165, 1.54) is 21.9 Å². The number of halogens is 8. The van der Waals surface area contributed by atoms with E-state index < -0.39 is 48.8 Å². The molecular formula is C29H26F8N2O2. The summed E-state index contributed by atoms with van der Waals surface area (Å²) in [6.45, 7) is -1.19. The van der Waals surface area contributed by atoms with Crippen molar-refractivity contribution in [2.75, 3.05) is 36.0 Å². The van der Waals surface area contributed by atoms with E-state index in [4.69, 9.17) is 0 Å². The first-order valence-corrected chi connectivity index (χ1v) is 12.8. The molecule has 0 radical (unpaired) electrons. The van der Waals surface area contributed by atoms with Crippen LogP contribution < -0.4 is 14.5 Å². The van der Waals surface area contributed by atoms with E-state index in [0.717, 1.165) is 6.07 Å². The lowest BCUT2D eigenvalue weighted by atomic mass is 9.71. The molecule has 12 heteroatoms. The van der Waals surface area contributed by atoms with Crippen LogP contribution in [-0.4, -0.2) is 55.9 Å². The van der Waals surface area contributed by atoms with Crippen molar-refractivity contribution in [1.82, 2.24) is 0 Å². The second-order valence-corrected chi connectivity index (χ2v) is 10.5. The van der Waals surface area contributed by atoms with Gasteiger partial charge in [-0.15, -0.1) is 13.2 Å². The van der Waals surface area contributed by atoms with Crippen molar-refractivity contribution >= 4 is 11.4 Å². The third-order valence-corrected chi connectivity index (χ3v) is 7.56. The van der Waals surface area contributed by atoms with E-state index in [1.807, 2.05) is 0 Å². The third kappa shape index (κ3) is 6.22. The summed E-state index contributed by atoms with van der Waals surface area (Å²) in [7, 11) is 0. The van der Waals surface area contributed by atoms with Crippen LogP contribution in [0.15, 0.2) is 72.8 Å². The van der Waals surface area contributed by atoms with Crippen LogP contribution in [0.1, 0.15) is 23.1 Å². The predicted octanol–water partition coefficient (Wildman–Crippen LogP) is 6.70. The van der Waals surface area contributed by atoms with Gasteiger partial charge in [-0.2, -0.15) is 13.2 Å². The lowest BCUT2D eigenvalue weighted by Gasteiger charge is -2.33. The Morgan fingerprint density at radius 1 is 0.878 bits per heavy atom.